The standard InChI is InChI=1S/C15H29NO3/c1-18-8-9-19-12-15(17)11-16-7-6-13-4-2-3-5-14(13)10-16/h13-15,17H,2-12H2,1H3. The number of likely N-dealkylation sites (tertiary alicyclic amines) is 1. The van der Waals surface area contributed by atoms with Gasteiger partial charge in [-0.05, 0) is 31.2 Å². The Labute approximate surface area is 117 Å². The zero-order valence-corrected chi connectivity index (χ0v) is 12.2. The zero-order valence-electron chi connectivity index (χ0n) is 12.2. The summed E-state index contributed by atoms with van der Waals surface area (Å²) in [7, 11) is 1.66. The first-order valence-corrected chi connectivity index (χ1v) is 7.76. The van der Waals surface area contributed by atoms with Crippen LogP contribution in [0.2, 0.25) is 0 Å². The van der Waals surface area contributed by atoms with Gasteiger partial charge in [-0.15, -0.1) is 0 Å². The number of aliphatic hydroxyl groups excluding tert-OH is 1. The van der Waals surface area contributed by atoms with E-state index in [-0.39, 0.29) is 6.10 Å². The van der Waals surface area contributed by atoms with E-state index in [1.54, 1.807) is 7.11 Å². The molecule has 1 N–H and O–H groups in total. The summed E-state index contributed by atoms with van der Waals surface area (Å²) in [6.07, 6.45) is 6.61. The van der Waals surface area contributed by atoms with E-state index < -0.39 is 0 Å². The molecule has 0 aromatic rings. The van der Waals surface area contributed by atoms with Crippen molar-refractivity contribution in [1.82, 2.24) is 4.90 Å². The lowest BCUT2D eigenvalue weighted by molar-refractivity contribution is -0.0130. The van der Waals surface area contributed by atoms with Crippen LogP contribution in [0.4, 0.5) is 0 Å². The summed E-state index contributed by atoms with van der Waals surface area (Å²) >= 11 is 0. The van der Waals surface area contributed by atoms with Crippen molar-refractivity contribution in [2.75, 3.05) is 46.6 Å². The van der Waals surface area contributed by atoms with Crippen LogP contribution in [-0.4, -0.2) is 62.7 Å². The van der Waals surface area contributed by atoms with Crippen LogP contribution >= 0.6 is 0 Å². The molecule has 0 spiro atoms. The van der Waals surface area contributed by atoms with Gasteiger partial charge in [-0.3, -0.25) is 0 Å². The number of hydrogen-bond donors (Lipinski definition) is 1. The predicted octanol–water partition coefficient (Wildman–Crippen LogP) is 1.52. The SMILES string of the molecule is COCCOCC(O)CN1CCC2CCCCC2C1. The second-order valence-electron chi connectivity index (χ2n) is 6.07. The lowest BCUT2D eigenvalue weighted by atomic mass is 9.75. The summed E-state index contributed by atoms with van der Waals surface area (Å²) in [6.45, 7) is 4.68. The van der Waals surface area contributed by atoms with E-state index in [1.165, 1.54) is 38.6 Å². The minimum absolute atomic E-state index is 0.364. The van der Waals surface area contributed by atoms with Crippen LogP contribution in [0.15, 0.2) is 0 Å². The van der Waals surface area contributed by atoms with E-state index in [9.17, 15) is 5.11 Å². The molecule has 2 rings (SSSR count). The van der Waals surface area contributed by atoms with Gasteiger partial charge in [0.05, 0.1) is 25.9 Å². The molecular formula is C15H29NO3. The Hall–Kier alpha value is -0.160. The molecule has 112 valence electrons. The molecule has 1 saturated carbocycles. The number of rotatable bonds is 7. The lowest BCUT2D eigenvalue weighted by Crippen LogP contribution is -2.45. The van der Waals surface area contributed by atoms with Gasteiger partial charge in [-0.25, -0.2) is 0 Å². The predicted molar refractivity (Wildman–Crippen MR) is 75.2 cm³/mol. The van der Waals surface area contributed by atoms with Crippen molar-refractivity contribution in [2.45, 2.75) is 38.2 Å². The fourth-order valence-electron chi connectivity index (χ4n) is 3.55. The second-order valence-corrected chi connectivity index (χ2v) is 6.07. The van der Waals surface area contributed by atoms with Crippen molar-refractivity contribution in [2.24, 2.45) is 11.8 Å². The fraction of sp³-hybridized carbons (Fsp3) is 1.00. The topological polar surface area (TPSA) is 41.9 Å². The van der Waals surface area contributed by atoms with Crippen LogP contribution in [0.5, 0.6) is 0 Å². The smallest absolute Gasteiger partial charge is 0.0900 e. The Morgan fingerprint density at radius 2 is 1.95 bits per heavy atom. The number of aliphatic hydroxyl groups is 1. The molecule has 3 unspecified atom stereocenters. The molecule has 0 radical (unpaired) electrons. The number of ether oxygens (including phenoxy) is 2. The molecule has 3 atom stereocenters. The maximum Gasteiger partial charge on any atom is 0.0900 e. The molecule has 0 amide bonds. The first-order chi connectivity index (χ1) is 9.29. The molecule has 2 fully saturated rings. The van der Waals surface area contributed by atoms with Gasteiger partial charge in [0, 0.05) is 20.2 Å². The Kier molecular flexibility index (Phi) is 6.57. The average Bonchev–Trinajstić information content (AvgIpc) is 2.43. The molecule has 2 aliphatic rings. The molecule has 19 heavy (non-hydrogen) atoms. The zero-order chi connectivity index (χ0) is 13.5. The van der Waals surface area contributed by atoms with Crippen LogP contribution in [-0.2, 0) is 9.47 Å². The van der Waals surface area contributed by atoms with Gasteiger partial charge in [-0.1, -0.05) is 19.3 Å². The summed E-state index contributed by atoms with van der Waals surface area (Å²) in [4.78, 5) is 2.43. The van der Waals surface area contributed by atoms with Gasteiger partial charge in [0.25, 0.3) is 0 Å². The number of hydrogen-bond acceptors (Lipinski definition) is 4. The second kappa shape index (κ2) is 8.20. The van der Waals surface area contributed by atoms with E-state index in [1.807, 2.05) is 0 Å². The number of piperidine rings is 1. The van der Waals surface area contributed by atoms with Gasteiger partial charge >= 0.3 is 0 Å². The van der Waals surface area contributed by atoms with Crippen molar-refractivity contribution >= 4 is 0 Å². The van der Waals surface area contributed by atoms with E-state index in [0.29, 0.717) is 19.8 Å². The van der Waals surface area contributed by atoms with Gasteiger partial charge in [0.1, 0.15) is 0 Å². The van der Waals surface area contributed by atoms with Gasteiger partial charge in [0.2, 0.25) is 0 Å². The molecule has 4 nitrogen and oxygen atoms in total. The van der Waals surface area contributed by atoms with Crippen LogP contribution in [0.1, 0.15) is 32.1 Å². The van der Waals surface area contributed by atoms with Gasteiger partial charge < -0.3 is 19.5 Å². The maximum atomic E-state index is 9.99. The highest BCUT2D eigenvalue weighted by atomic mass is 16.5. The van der Waals surface area contributed by atoms with E-state index in [2.05, 4.69) is 4.90 Å². The molecular weight excluding hydrogens is 242 g/mol. The highest BCUT2D eigenvalue weighted by Gasteiger charge is 2.31. The summed E-state index contributed by atoms with van der Waals surface area (Å²) in [5, 5.41) is 9.99. The third kappa shape index (κ3) is 5.03. The van der Waals surface area contributed by atoms with Crippen molar-refractivity contribution < 1.29 is 14.6 Å². The molecule has 1 aliphatic heterocycles. The third-order valence-corrected chi connectivity index (χ3v) is 4.59. The highest BCUT2D eigenvalue weighted by Crippen LogP contribution is 2.35. The maximum absolute atomic E-state index is 9.99. The Morgan fingerprint density at radius 1 is 1.16 bits per heavy atom. The van der Waals surface area contributed by atoms with Gasteiger partial charge in [-0.2, -0.15) is 0 Å². The monoisotopic (exact) mass is 271 g/mol. The van der Waals surface area contributed by atoms with E-state index in [4.69, 9.17) is 9.47 Å². The summed E-state index contributed by atoms with van der Waals surface area (Å²) in [5.41, 5.74) is 0. The number of fused-ring (bicyclic) bond motifs is 1. The van der Waals surface area contributed by atoms with Crippen molar-refractivity contribution in [3.63, 3.8) is 0 Å². The summed E-state index contributed by atoms with van der Waals surface area (Å²) in [5.74, 6) is 1.84. The van der Waals surface area contributed by atoms with Crippen molar-refractivity contribution in [1.29, 1.82) is 0 Å². The van der Waals surface area contributed by atoms with Gasteiger partial charge in [0.15, 0.2) is 0 Å². The van der Waals surface area contributed by atoms with Crippen LogP contribution in [0, 0.1) is 11.8 Å². The first-order valence-electron chi connectivity index (χ1n) is 7.76. The Bertz CT molecular complexity index is 250. The molecule has 0 aromatic heterocycles. The normalized spacial score (nSPS) is 30.0. The Morgan fingerprint density at radius 3 is 2.74 bits per heavy atom. The molecule has 1 heterocycles. The number of nitrogens with zero attached hydrogens (tertiary/aromatic N) is 1. The average molecular weight is 271 g/mol. The van der Waals surface area contributed by atoms with Crippen LogP contribution < -0.4 is 0 Å². The third-order valence-electron chi connectivity index (χ3n) is 4.59. The van der Waals surface area contributed by atoms with Crippen LogP contribution in [0.3, 0.4) is 0 Å². The summed E-state index contributed by atoms with van der Waals surface area (Å²) < 4.78 is 10.3. The van der Waals surface area contributed by atoms with Crippen LogP contribution in [0.25, 0.3) is 0 Å². The van der Waals surface area contributed by atoms with E-state index in [0.717, 1.165) is 24.9 Å². The van der Waals surface area contributed by atoms with Crippen molar-refractivity contribution in [3.05, 3.63) is 0 Å². The highest BCUT2D eigenvalue weighted by molar-refractivity contribution is 4.84. The molecule has 1 saturated heterocycles. The minimum Gasteiger partial charge on any atom is -0.389 e. The Balaban J connectivity index is 1.62. The first kappa shape index (κ1) is 15.2. The largest absolute Gasteiger partial charge is 0.389 e. The number of β-amino-alcohol motifs (C(OH)–C–C–N with tert-alkyl or cyclic N) is 1. The lowest BCUT2D eigenvalue weighted by Gasteiger charge is -2.41. The molecule has 1 aliphatic carbocycles. The van der Waals surface area contributed by atoms with Crippen molar-refractivity contribution in [3.8, 4) is 0 Å². The quantitative estimate of drug-likeness (QED) is 0.713. The fourth-order valence-corrected chi connectivity index (χ4v) is 3.55. The number of methoxy groups -OCH3 is 1. The molecule has 4 heteroatoms. The molecule has 0 aromatic carbocycles. The minimum atomic E-state index is -0.364. The van der Waals surface area contributed by atoms with E-state index >= 15 is 0 Å². The summed E-state index contributed by atoms with van der Waals surface area (Å²) in [6, 6.07) is 0. The molecule has 0 bridgehead atoms.